The lowest BCUT2D eigenvalue weighted by atomic mass is 9.98. The van der Waals surface area contributed by atoms with Crippen molar-refractivity contribution in [1.29, 1.82) is 0 Å². The lowest BCUT2D eigenvalue weighted by Gasteiger charge is -2.38. The quantitative estimate of drug-likeness (QED) is 0.0825. The number of fused-ring (bicyclic) bond motifs is 4. The van der Waals surface area contributed by atoms with E-state index in [0.29, 0.717) is 71.7 Å². The number of alkyl halides is 3. The SMILES string of the molecule is CC(C)c1cc(-c2nnc(C(=O)NC(C)C(F)(F)F)n2-c2ccc(CN3CCN([C@H]4C[C@@H](COc5nc(N6CC7CCC(C6)N7)c6cnc(-c7cccc8cccc(F)c78)c(F)c6n5)N(C)C4)CC3)cc2)c(O)cc1O. The number of aromatic hydroxyl groups is 2. The van der Waals surface area contributed by atoms with E-state index < -0.39 is 35.6 Å². The molecule has 0 aliphatic carbocycles. The molecule has 76 heavy (non-hydrogen) atoms. The van der Waals surface area contributed by atoms with Crippen molar-refractivity contribution < 1.29 is 41.7 Å². The van der Waals surface area contributed by atoms with Crippen molar-refractivity contribution in [1.82, 2.24) is 55.0 Å². The molecule has 7 heterocycles. The smallest absolute Gasteiger partial charge is 0.408 e. The summed E-state index contributed by atoms with van der Waals surface area (Å²) in [5.41, 5.74) is 2.40. The van der Waals surface area contributed by atoms with Gasteiger partial charge in [-0.15, -0.1) is 10.2 Å². The number of rotatable bonds is 13. The van der Waals surface area contributed by atoms with Crippen LogP contribution in [0.1, 0.15) is 67.7 Å². The number of phenols is 2. The molecule has 1 amide bonds. The van der Waals surface area contributed by atoms with Gasteiger partial charge < -0.3 is 30.5 Å². The van der Waals surface area contributed by atoms with E-state index in [1.54, 1.807) is 48.7 Å². The summed E-state index contributed by atoms with van der Waals surface area (Å²) in [6.45, 7) is 10.9. The summed E-state index contributed by atoms with van der Waals surface area (Å²) in [7, 11) is 2.08. The molecule has 0 radical (unpaired) electrons. The predicted molar refractivity (Wildman–Crippen MR) is 277 cm³/mol. The number of pyridine rings is 1. The number of hydrogen-bond donors (Lipinski definition) is 4. The van der Waals surface area contributed by atoms with Gasteiger partial charge in [-0.1, -0.05) is 56.3 Å². The highest BCUT2D eigenvalue weighted by molar-refractivity contribution is 5.99. The first-order valence-corrected chi connectivity index (χ1v) is 25.8. The monoisotopic (exact) mass is 1050 g/mol. The van der Waals surface area contributed by atoms with Crippen LogP contribution >= 0.6 is 0 Å². The van der Waals surface area contributed by atoms with Gasteiger partial charge in [0.2, 0.25) is 5.82 Å². The molecule has 4 saturated heterocycles. The van der Waals surface area contributed by atoms with Gasteiger partial charge >= 0.3 is 12.2 Å². The second kappa shape index (κ2) is 20.5. The molecule has 7 aromatic rings. The highest BCUT2D eigenvalue weighted by atomic mass is 19.4. The van der Waals surface area contributed by atoms with Gasteiger partial charge in [-0.2, -0.15) is 23.1 Å². The number of benzene rings is 4. The minimum absolute atomic E-state index is 0.00606. The number of ether oxygens (including phenoxy) is 1. The van der Waals surface area contributed by atoms with Crippen LogP contribution in [0.2, 0.25) is 0 Å². The predicted octanol–water partition coefficient (Wildman–Crippen LogP) is 7.80. The van der Waals surface area contributed by atoms with Crippen LogP contribution < -0.4 is 20.3 Å². The standard InChI is InChI=1S/C55H59F5N12O4/c1-30(2)40-22-41(45(74)23-44(40)73)51-66-67-52(53(75)62-31(3)55(58,59)60)72(51)36-15-11-32(12-16-36)25-69-17-19-70(20-18-69)37-21-38(68(4)28-37)29-76-54-64-49-42(50(65-54)71-26-34-13-14-35(27-71)63-34)24-61-48(47(49)57)39-9-5-7-33-8-6-10-43(56)46(33)39/h5-12,15-16,22-24,30-31,34-35,37-38,63,73-74H,13-14,17-21,25-29H2,1-4H3,(H,62,75)/t31?,34?,35?,37-,38-/m0/s1. The molecule has 2 bridgehead atoms. The Morgan fingerprint density at radius 3 is 2.32 bits per heavy atom. The zero-order valence-corrected chi connectivity index (χ0v) is 42.5. The molecule has 398 valence electrons. The Labute approximate surface area is 435 Å². The van der Waals surface area contributed by atoms with Crippen LogP contribution in [0, 0.1) is 11.6 Å². The van der Waals surface area contributed by atoms with Crippen LogP contribution in [0.4, 0.5) is 27.8 Å². The third kappa shape index (κ3) is 9.96. The largest absolute Gasteiger partial charge is 0.508 e. The van der Waals surface area contributed by atoms with E-state index in [1.807, 2.05) is 31.3 Å². The van der Waals surface area contributed by atoms with Crippen LogP contribution in [0.25, 0.3) is 50.0 Å². The number of nitrogens with zero attached hydrogens (tertiary/aromatic N) is 10. The van der Waals surface area contributed by atoms with E-state index in [0.717, 1.165) is 64.5 Å². The Balaban J connectivity index is 0.763. The van der Waals surface area contributed by atoms with Crippen molar-refractivity contribution in [2.24, 2.45) is 0 Å². The summed E-state index contributed by atoms with van der Waals surface area (Å²) in [6.07, 6.45) is -0.163. The molecular weight excluding hydrogens is 988 g/mol. The molecular formula is C55H59F5N12O4. The fraction of sp³-hybridized carbons (Fsp3) is 0.418. The minimum Gasteiger partial charge on any atom is -0.508 e. The van der Waals surface area contributed by atoms with Crippen molar-refractivity contribution in [2.75, 3.05) is 64.4 Å². The fourth-order valence-electron chi connectivity index (χ4n) is 11.4. The Bertz CT molecular complexity index is 3300. The number of anilines is 1. The van der Waals surface area contributed by atoms with Gasteiger partial charge in [-0.25, -0.2) is 8.78 Å². The summed E-state index contributed by atoms with van der Waals surface area (Å²) < 4.78 is 80.6. The van der Waals surface area contributed by atoms with Crippen molar-refractivity contribution in [3.8, 4) is 45.8 Å². The number of likely N-dealkylation sites (N-methyl/N-ethyl adjacent to an activating group) is 1. The zero-order chi connectivity index (χ0) is 53.2. The molecule has 3 aromatic heterocycles. The molecule has 21 heteroatoms. The molecule has 11 rings (SSSR count). The van der Waals surface area contributed by atoms with Gasteiger partial charge in [-0.05, 0) is 79.9 Å². The first-order chi connectivity index (χ1) is 36.5. The second-order valence-corrected chi connectivity index (χ2v) is 21.0. The third-order valence-corrected chi connectivity index (χ3v) is 15.6. The number of aromatic nitrogens is 6. The van der Waals surface area contributed by atoms with E-state index in [9.17, 15) is 28.2 Å². The lowest BCUT2D eigenvalue weighted by Crippen LogP contribution is -2.51. The average molecular weight is 1050 g/mol. The first-order valence-electron chi connectivity index (χ1n) is 25.8. The first kappa shape index (κ1) is 51.1. The number of carbonyl (C=O) groups excluding carboxylic acids is 1. The van der Waals surface area contributed by atoms with Gasteiger partial charge in [0, 0.05) is 105 Å². The van der Waals surface area contributed by atoms with E-state index in [1.165, 1.54) is 22.8 Å². The number of piperazine rings is 2. The molecule has 4 aliphatic rings. The molecule has 4 fully saturated rings. The lowest BCUT2D eigenvalue weighted by molar-refractivity contribution is -0.149. The molecule has 4 aliphatic heterocycles. The van der Waals surface area contributed by atoms with Crippen molar-refractivity contribution in [2.45, 2.75) is 88.9 Å². The maximum Gasteiger partial charge on any atom is 0.408 e. The van der Waals surface area contributed by atoms with Crippen LogP contribution in [0.15, 0.2) is 79.0 Å². The Morgan fingerprint density at radius 1 is 0.882 bits per heavy atom. The number of nitrogens with one attached hydrogen (secondary N) is 2. The highest BCUT2D eigenvalue weighted by Gasteiger charge is 2.40. The molecule has 0 spiro atoms. The minimum atomic E-state index is -4.70. The van der Waals surface area contributed by atoms with Crippen LogP contribution in [-0.4, -0.2) is 156 Å². The summed E-state index contributed by atoms with van der Waals surface area (Å²) in [6, 6.07) is 18.7. The van der Waals surface area contributed by atoms with Crippen LogP contribution in [-0.2, 0) is 6.54 Å². The van der Waals surface area contributed by atoms with Gasteiger partial charge in [-0.3, -0.25) is 29.0 Å². The Morgan fingerprint density at radius 2 is 1.61 bits per heavy atom. The second-order valence-electron chi connectivity index (χ2n) is 21.0. The molecule has 3 unspecified atom stereocenters. The number of halogens is 5. The Hall–Kier alpha value is -7.07. The van der Waals surface area contributed by atoms with Gasteiger partial charge in [0.1, 0.15) is 47.0 Å². The van der Waals surface area contributed by atoms with Crippen LogP contribution in [0.3, 0.4) is 0 Å². The third-order valence-electron chi connectivity index (χ3n) is 15.6. The maximum atomic E-state index is 17.0. The number of phenolic OH excluding ortho intramolecular Hbond substituents is 2. The fourth-order valence-corrected chi connectivity index (χ4v) is 11.4. The molecule has 5 atom stereocenters. The normalized spacial score (nSPS) is 21.1. The van der Waals surface area contributed by atoms with E-state index >= 15 is 8.78 Å². The van der Waals surface area contributed by atoms with Gasteiger partial charge in [0.25, 0.3) is 5.91 Å². The van der Waals surface area contributed by atoms with Crippen molar-refractivity contribution >= 4 is 33.4 Å². The van der Waals surface area contributed by atoms with Crippen molar-refractivity contribution in [3.05, 3.63) is 108 Å². The van der Waals surface area contributed by atoms with Gasteiger partial charge in [0.15, 0.2) is 11.6 Å². The molecule has 4 N–H and O–H groups in total. The Kier molecular flexibility index (Phi) is 13.8. The number of likely N-dealkylation sites (tertiary alicyclic amines) is 1. The molecule has 16 nitrogen and oxygen atoms in total. The number of amides is 1. The van der Waals surface area contributed by atoms with E-state index in [-0.39, 0.29) is 63.5 Å². The number of hydrogen-bond acceptors (Lipinski definition) is 14. The molecule has 4 aromatic carbocycles. The van der Waals surface area contributed by atoms with Crippen molar-refractivity contribution in [3.63, 3.8) is 0 Å². The van der Waals surface area contributed by atoms with E-state index in [2.05, 4.69) is 47.1 Å². The summed E-state index contributed by atoms with van der Waals surface area (Å²) in [5, 5.41) is 36.7. The molecule has 0 saturated carbocycles. The zero-order valence-electron chi connectivity index (χ0n) is 42.5. The van der Waals surface area contributed by atoms with E-state index in [4.69, 9.17) is 14.7 Å². The summed E-state index contributed by atoms with van der Waals surface area (Å²) >= 11 is 0. The summed E-state index contributed by atoms with van der Waals surface area (Å²) in [4.78, 5) is 36.9. The maximum absolute atomic E-state index is 17.0. The van der Waals surface area contributed by atoms with Gasteiger partial charge in [0.05, 0.1) is 10.9 Å². The van der Waals surface area contributed by atoms with Crippen LogP contribution in [0.5, 0.6) is 17.5 Å². The number of carbonyl (C=O) groups is 1. The summed E-state index contributed by atoms with van der Waals surface area (Å²) in [5.74, 6) is -2.71. The average Bonchev–Trinajstić information content (AvgIpc) is 4.11. The topological polar surface area (TPSA) is 173 Å². The highest BCUT2D eigenvalue weighted by Crippen LogP contribution is 2.40.